The highest BCUT2D eigenvalue weighted by Gasteiger charge is 2.25. The Labute approximate surface area is 127 Å². The predicted octanol–water partition coefficient (Wildman–Crippen LogP) is 2.32. The van der Waals surface area contributed by atoms with E-state index in [2.05, 4.69) is 53.6 Å². The molecule has 2 rings (SSSR count). The molecule has 0 saturated carbocycles. The van der Waals surface area contributed by atoms with Crippen molar-refractivity contribution in [3.63, 3.8) is 0 Å². The maximum atomic E-state index is 11.8. The quantitative estimate of drug-likeness (QED) is 0.874. The lowest BCUT2D eigenvalue weighted by molar-refractivity contribution is -0.124. The summed E-state index contributed by atoms with van der Waals surface area (Å²) in [5.41, 5.74) is 2.52. The average molecular weight is 289 g/mol. The molecule has 1 aromatic carbocycles. The summed E-state index contributed by atoms with van der Waals surface area (Å²) in [5.74, 6) is 0.279. The van der Waals surface area contributed by atoms with Gasteiger partial charge >= 0.3 is 0 Å². The molecule has 2 unspecified atom stereocenters. The Kier molecular flexibility index (Phi) is 5.62. The van der Waals surface area contributed by atoms with Gasteiger partial charge in [0.25, 0.3) is 0 Å². The second kappa shape index (κ2) is 7.46. The normalized spacial score (nSPS) is 20.1. The fraction of sp³-hybridized carbons (Fsp3) is 0.588. The summed E-state index contributed by atoms with van der Waals surface area (Å²) in [7, 11) is 1.72. The van der Waals surface area contributed by atoms with Crippen LogP contribution < -0.4 is 15.5 Å². The van der Waals surface area contributed by atoms with Crippen LogP contribution in [0.2, 0.25) is 0 Å². The fourth-order valence-corrected chi connectivity index (χ4v) is 3.03. The molecule has 116 valence electrons. The zero-order valence-electron chi connectivity index (χ0n) is 13.4. The molecule has 0 aromatic heterocycles. The lowest BCUT2D eigenvalue weighted by atomic mass is 9.96. The van der Waals surface area contributed by atoms with Crippen LogP contribution in [-0.4, -0.2) is 32.6 Å². The third-order valence-electron chi connectivity index (χ3n) is 4.31. The number of carbonyl (C=O) groups is 1. The molecule has 1 amide bonds. The van der Waals surface area contributed by atoms with Crippen LogP contribution >= 0.6 is 0 Å². The Bertz CT molecular complexity index is 458. The van der Waals surface area contributed by atoms with Crippen LogP contribution in [0.15, 0.2) is 24.3 Å². The number of piperidine rings is 1. The van der Waals surface area contributed by atoms with Crippen LogP contribution in [-0.2, 0) is 4.79 Å². The van der Waals surface area contributed by atoms with E-state index in [0.29, 0.717) is 6.04 Å². The second-order valence-corrected chi connectivity index (χ2v) is 5.77. The van der Waals surface area contributed by atoms with Gasteiger partial charge in [-0.3, -0.25) is 4.79 Å². The zero-order valence-corrected chi connectivity index (χ0v) is 13.4. The fourth-order valence-electron chi connectivity index (χ4n) is 3.03. The van der Waals surface area contributed by atoms with Gasteiger partial charge in [-0.05, 0) is 44.0 Å². The summed E-state index contributed by atoms with van der Waals surface area (Å²) >= 11 is 0. The second-order valence-electron chi connectivity index (χ2n) is 5.77. The van der Waals surface area contributed by atoms with Crippen molar-refractivity contribution in [2.75, 3.05) is 31.6 Å². The van der Waals surface area contributed by atoms with E-state index < -0.39 is 0 Å². The molecule has 0 aliphatic carbocycles. The number of carbonyl (C=O) groups excluding carboxylic acids is 1. The van der Waals surface area contributed by atoms with Crippen LogP contribution in [0.25, 0.3) is 0 Å². The number of hydrogen-bond donors (Lipinski definition) is 2. The van der Waals surface area contributed by atoms with E-state index >= 15 is 0 Å². The van der Waals surface area contributed by atoms with Gasteiger partial charge in [-0.15, -0.1) is 0 Å². The van der Waals surface area contributed by atoms with Gasteiger partial charge in [0.15, 0.2) is 0 Å². The van der Waals surface area contributed by atoms with Crippen LogP contribution in [0.4, 0.5) is 5.69 Å². The molecule has 0 spiro atoms. The largest absolute Gasteiger partial charge is 0.371 e. The molecule has 1 saturated heterocycles. The SMILES string of the molecule is CCNC(C)c1ccc(N2CCCC(C(=O)NC)C2)cc1. The molecule has 4 nitrogen and oxygen atoms in total. The number of rotatable bonds is 5. The summed E-state index contributed by atoms with van der Waals surface area (Å²) in [6.07, 6.45) is 2.07. The van der Waals surface area contributed by atoms with E-state index in [0.717, 1.165) is 32.5 Å². The van der Waals surface area contributed by atoms with Gasteiger partial charge in [-0.2, -0.15) is 0 Å². The Morgan fingerprint density at radius 3 is 2.71 bits per heavy atom. The van der Waals surface area contributed by atoms with Crippen molar-refractivity contribution < 1.29 is 4.79 Å². The molecule has 2 N–H and O–H groups in total. The van der Waals surface area contributed by atoms with Gasteiger partial charge in [-0.25, -0.2) is 0 Å². The molecule has 21 heavy (non-hydrogen) atoms. The first kappa shape index (κ1) is 15.8. The topological polar surface area (TPSA) is 44.4 Å². The molecule has 1 aliphatic rings. The van der Waals surface area contributed by atoms with Crippen molar-refractivity contribution in [3.05, 3.63) is 29.8 Å². The highest BCUT2D eigenvalue weighted by Crippen LogP contribution is 2.25. The zero-order chi connectivity index (χ0) is 15.2. The summed E-state index contributed by atoms with van der Waals surface area (Å²) < 4.78 is 0. The first-order chi connectivity index (χ1) is 10.2. The molecule has 0 bridgehead atoms. The van der Waals surface area contributed by atoms with Gasteiger partial charge in [0.05, 0.1) is 5.92 Å². The molecular formula is C17H27N3O. The smallest absolute Gasteiger partial charge is 0.224 e. The standard InChI is InChI=1S/C17H27N3O/c1-4-19-13(2)14-7-9-16(10-8-14)20-11-5-6-15(12-20)17(21)18-3/h7-10,13,15,19H,4-6,11-12H2,1-3H3,(H,18,21). The Morgan fingerprint density at radius 1 is 1.38 bits per heavy atom. The Balaban J connectivity index is 2.02. The monoisotopic (exact) mass is 289 g/mol. The Morgan fingerprint density at radius 2 is 2.10 bits per heavy atom. The molecule has 1 heterocycles. The van der Waals surface area contributed by atoms with Crippen LogP contribution in [0.5, 0.6) is 0 Å². The van der Waals surface area contributed by atoms with Crippen molar-refractivity contribution in [3.8, 4) is 0 Å². The van der Waals surface area contributed by atoms with E-state index in [1.165, 1.54) is 11.3 Å². The highest BCUT2D eigenvalue weighted by molar-refractivity contribution is 5.79. The van der Waals surface area contributed by atoms with E-state index in [1.54, 1.807) is 7.05 Å². The van der Waals surface area contributed by atoms with Crippen molar-refractivity contribution in [1.29, 1.82) is 0 Å². The average Bonchev–Trinajstić information content (AvgIpc) is 2.54. The summed E-state index contributed by atoms with van der Waals surface area (Å²) in [4.78, 5) is 14.1. The number of benzene rings is 1. The van der Waals surface area contributed by atoms with Crippen LogP contribution in [0.3, 0.4) is 0 Å². The molecule has 1 fully saturated rings. The molecular weight excluding hydrogens is 262 g/mol. The van der Waals surface area contributed by atoms with E-state index in [9.17, 15) is 4.79 Å². The van der Waals surface area contributed by atoms with Gasteiger partial charge < -0.3 is 15.5 Å². The van der Waals surface area contributed by atoms with Crippen LogP contribution in [0.1, 0.15) is 38.3 Å². The first-order valence-electron chi connectivity index (χ1n) is 7.95. The van der Waals surface area contributed by atoms with Crippen molar-refractivity contribution >= 4 is 11.6 Å². The lowest BCUT2D eigenvalue weighted by Gasteiger charge is -2.33. The molecule has 1 aromatic rings. The maximum Gasteiger partial charge on any atom is 0.224 e. The lowest BCUT2D eigenvalue weighted by Crippen LogP contribution is -2.42. The van der Waals surface area contributed by atoms with Gasteiger partial charge in [-0.1, -0.05) is 19.1 Å². The molecule has 2 atom stereocenters. The third-order valence-corrected chi connectivity index (χ3v) is 4.31. The Hall–Kier alpha value is -1.55. The number of anilines is 1. The highest BCUT2D eigenvalue weighted by atomic mass is 16.1. The van der Waals surface area contributed by atoms with E-state index in [4.69, 9.17) is 0 Å². The summed E-state index contributed by atoms with van der Waals surface area (Å²) in [6.45, 7) is 7.14. The molecule has 4 heteroatoms. The summed E-state index contributed by atoms with van der Waals surface area (Å²) in [6, 6.07) is 9.10. The number of amides is 1. The number of hydrogen-bond acceptors (Lipinski definition) is 3. The van der Waals surface area contributed by atoms with Gasteiger partial charge in [0.2, 0.25) is 5.91 Å². The van der Waals surface area contributed by atoms with Gasteiger partial charge in [0, 0.05) is 31.9 Å². The minimum atomic E-state index is 0.115. The number of nitrogens with one attached hydrogen (secondary N) is 2. The van der Waals surface area contributed by atoms with E-state index in [-0.39, 0.29) is 11.8 Å². The predicted molar refractivity (Wildman–Crippen MR) is 87.5 cm³/mol. The van der Waals surface area contributed by atoms with E-state index in [1.807, 2.05) is 0 Å². The minimum absolute atomic E-state index is 0.115. The third kappa shape index (κ3) is 3.97. The van der Waals surface area contributed by atoms with Crippen molar-refractivity contribution in [1.82, 2.24) is 10.6 Å². The van der Waals surface area contributed by atoms with Gasteiger partial charge in [0.1, 0.15) is 0 Å². The van der Waals surface area contributed by atoms with Crippen molar-refractivity contribution in [2.24, 2.45) is 5.92 Å². The number of nitrogens with zero attached hydrogens (tertiary/aromatic N) is 1. The molecule has 1 aliphatic heterocycles. The van der Waals surface area contributed by atoms with Crippen molar-refractivity contribution in [2.45, 2.75) is 32.7 Å². The summed E-state index contributed by atoms with van der Waals surface area (Å²) in [5, 5.41) is 6.19. The first-order valence-corrected chi connectivity index (χ1v) is 7.95. The maximum absolute atomic E-state index is 11.8. The minimum Gasteiger partial charge on any atom is -0.371 e. The van der Waals surface area contributed by atoms with Crippen LogP contribution in [0, 0.1) is 5.92 Å². The molecule has 0 radical (unpaired) electrons.